The average molecular weight is 566 g/mol. The van der Waals surface area contributed by atoms with Crippen LogP contribution in [0.3, 0.4) is 0 Å². The molecule has 0 radical (unpaired) electrons. The van der Waals surface area contributed by atoms with Gasteiger partial charge >= 0.3 is 5.97 Å². The van der Waals surface area contributed by atoms with Gasteiger partial charge in [0.25, 0.3) is 5.91 Å². The first-order valence-corrected chi connectivity index (χ1v) is 14.6. The van der Waals surface area contributed by atoms with Crippen LogP contribution in [0, 0.1) is 6.92 Å². The maximum absolute atomic E-state index is 13.4. The number of aryl methyl sites for hydroxylation is 1. The third-order valence-corrected chi connectivity index (χ3v) is 7.31. The largest absolute Gasteiger partial charge is 0.480 e. The quantitative estimate of drug-likeness (QED) is 0.260. The molecule has 2 N–H and O–H groups in total. The topological polar surface area (TPSA) is 103 Å². The summed E-state index contributed by atoms with van der Waals surface area (Å²) in [6, 6.07) is 18.1. The Morgan fingerprint density at radius 1 is 1.05 bits per heavy atom. The number of carboxylic acid groups (broad SMARTS) is 1. The number of hydrogen-bond donors (Lipinski definition) is 2. The summed E-state index contributed by atoms with van der Waals surface area (Å²) in [5.41, 5.74) is 4.81. The normalized spacial score (nSPS) is 13.6. The second-order valence-corrected chi connectivity index (χ2v) is 10.4. The van der Waals surface area contributed by atoms with Crippen molar-refractivity contribution in [3.05, 3.63) is 82.9 Å². The molecule has 1 amide bonds. The number of nitrogens with one attached hydrogen (secondary N) is 1. The zero-order valence-corrected chi connectivity index (χ0v) is 23.8. The van der Waals surface area contributed by atoms with E-state index in [1.165, 1.54) is 0 Å². The lowest BCUT2D eigenvalue weighted by Crippen LogP contribution is -2.41. The molecule has 40 heavy (non-hydrogen) atoms. The van der Waals surface area contributed by atoms with E-state index in [0.29, 0.717) is 42.4 Å². The van der Waals surface area contributed by atoms with Gasteiger partial charge in [0.1, 0.15) is 12.1 Å². The summed E-state index contributed by atoms with van der Waals surface area (Å²) in [5.74, 6) is 0.540. The van der Waals surface area contributed by atoms with Gasteiger partial charge in [-0.2, -0.15) is 11.8 Å². The number of carbonyl (C=O) groups is 2. The van der Waals surface area contributed by atoms with Crippen molar-refractivity contribution in [3.8, 4) is 22.6 Å². The summed E-state index contributed by atoms with van der Waals surface area (Å²) < 4.78 is 23.0. The monoisotopic (exact) mass is 565 g/mol. The summed E-state index contributed by atoms with van der Waals surface area (Å²) in [4.78, 5) is 25.1. The zero-order valence-electron chi connectivity index (χ0n) is 23.0. The van der Waals surface area contributed by atoms with Crippen molar-refractivity contribution < 1.29 is 33.6 Å². The molecule has 3 aromatic carbocycles. The molecule has 2 atom stereocenters. The van der Waals surface area contributed by atoms with E-state index in [4.69, 9.17) is 18.9 Å². The lowest BCUT2D eigenvalue weighted by atomic mass is 9.93. The molecule has 0 saturated heterocycles. The van der Waals surface area contributed by atoms with Crippen molar-refractivity contribution in [3.63, 3.8) is 0 Å². The molecule has 0 spiro atoms. The van der Waals surface area contributed by atoms with E-state index in [1.54, 1.807) is 17.8 Å². The van der Waals surface area contributed by atoms with E-state index in [9.17, 15) is 14.7 Å². The lowest BCUT2D eigenvalue weighted by Gasteiger charge is -2.20. The van der Waals surface area contributed by atoms with Crippen LogP contribution in [-0.4, -0.2) is 55.0 Å². The van der Waals surface area contributed by atoms with E-state index < -0.39 is 17.9 Å². The fourth-order valence-corrected chi connectivity index (χ4v) is 4.95. The van der Waals surface area contributed by atoms with E-state index in [0.717, 1.165) is 27.8 Å². The van der Waals surface area contributed by atoms with Crippen LogP contribution >= 0.6 is 11.8 Å². The maximum atomic E-state index is 13.4. The first-order valence-electron chi connectivity index (χ1n) is 13.2. The molecule has 0 bridgehead atoms. The molecule has 0 aromatic heterocycles. The lowest BCUT2D eigenvalue weighted by molar-refractivity contribution is -0.139. The molecule has 212 valence electrons. The highest BCUT2D eigenvalue weighted by Crippen LogP contribution is 2.35. The minimum absolute atomic E-state index is 0.197. The molecule has 1 heterocycles. The molecule has 8 nitrogen and oxygen atoms in total. The van der Waals surface area contributed by atoms with Crippen molar-refractivity contribution >= 4 is 23.6 Å². The van der Waals surface area contributed by atoms with Crippen LogP contribution in [0.2, 0.25) is 0 Å². The van der Waals surface area contributed by atoms with Crippen LogP contribution in [0.25, 0.3) is 11.1 Å². The predicted molar refractivity (Wildman–Crippen MR) is 155 cm³/mol. The third kappa shape index (κ3) is 7.35. The predicted octanol–water partition coefficient (Wildman–Crippen LogP) is 5.62. The van der Waals surface area contributed by atoms with Crippen LogP contribution in [0.5, 0.6) is 11.5 Å². The Hall–Kier alpha value is -3.53. The van der Waals surface area contributed by atoms with Gasteiger partial charge in [-0.25, -0.2) is 4.79 Å². The van der Waals surface area contributed by atoms with Gasteiger partial charge in [-0.3, -0.25) is 4.79 Å². The Balaban J connectivity index is 1.60. The second kappa shape index (κ2) is 14.2. The van der Waals surface area contributed by atoms with Gasteiger partial charge in [-0.1, -0.05) is 36.4 Å². The standard InChI is InChI=1S/C31H35NO7S/c1-4-36-18-29(22-10-12-27-28(16-22)39-19-38-27)37-17-21-9-11-24(25(15-21)23-8-6-5-7-20(23)2)30(33)32-26(31(34)35)13-14-40-3/h5-12,15-16,26,29H,4,13-14,17-19H2,1-3H3,(H,32,33)(H,34,35)/t26-,29+/m0/s1. The van der Waals surface area contributed by atoms with Gasteiger partial charge in [0, 0.05) is 12.2 Å². The highest BCUT2D eigenvalue weighted by molar-refractivity contribution is 7.98. The Labute approximate surface area is 239 Å². The fraction of sp³-hybridized carbons (Fsp3) is 0.355. The number of benzene rings is 3. The van der Waals surface area contributed by atoms with Crippen LogP contribution in [-0.2, 0) is 20.9 Å². The minimum Gasteiger partial charge on any atom is -0.480 e. The maximum Gasteiger partial charge on any atom is 0.326 e. The number of hydrogen-bond acceptors (Lipinski definition) is 7. The summed E-state index contributed by atoms with van der Waals surface area (Å²) >= 11 is 1.54. The van der Waals surface area contributed by atoms with Crippen LogP contribution in [0.4, 0.5) is 0 Å². The van der Waals surface area contributed by atoms with Gasteiger partial charge in [-0.15, -0.1) is 0 Å². The zero-order chi connectivity index (χ0) is 28.5. The number of carbonyl (C=O) groups excluding carboxylic acids is 1. The fourth-order valence-electron chi connectivity index (χ4n) is 4.48. The molecule has 0 unspecified atom stereocenters. The Morgan fingerprint density at radius 3 is 2.60 bits per heavy atom. The molecule has 0 aliphatic carbocycles. The second-order valence-electron chi connectivity index (χ2n) is 9.41. The average Bonchev–Trinajstić information content (AvgIpc) is 3.43. The van der Waals surface area contributed by atoms with E-state index in [-0.39, 0.29) is 19.5 Å². The molecule has 1 aliphatic rings. The number of amides is 1. The molecular weight excluding hydrogens is 530 g/mol. The Bertz CT molecular complexity index is 1330. The molecule has 9 heteroatoms. The number of fused-ring (bicyclic) bond motifs is 1. The van der Waals surface area contributed by atoms with Crippen molar-refractivity contribution in [1.82, 2.24) is 5.32 Å². The first-order chi connectivity index (χ1) is 19.4. The Morgan fingerprint density at radius 2 is 1.85 bits per heavy atom. The molecule has 3 aromatic rings. The smallest absolute Gasteiger partial charge is 0.326 e. The first kappa shape index (κ1) is 29.5. The number of carboxylic acids is 1. The summed E-state index contributed by atoms with van der Waals surface area (Å²) in [5, 5.41) is 12.3. The summed E-state index contributed by atoms with van der Waals surface area (Å²) in [6.07, 6.45) is 1.91. The van der Waals surface area contributed by atoms with Gasteiger partial charge in [-0.05, 0) is 84.4 Å². The molecule has 1 aliphatic heterocycles. The van der Waals surface area contributed by atoms with Crippen molar-refractivity contribution in [2.75, 3.05) is 32.0 Å². The van der Waals surface area contributed by atoms with Gasteiger partial charge < -0.3 is 29.4 Å². The number of ether oxygens (including phenoxy) is 4. The van der Waals surface area contributed by atoms with E-state index in [2.05, 4.69) is 5.32 Å². The van der Waals surface area contributed by atoms with E-state index in [1.807, 2.05) is 74.7 Å². The molecule has 0 fully saturated rings. The SMILES string of the molecule is CCOC[C@@H](OCc1ccc(C(=O)N[C@@H](CCSC)C(=O)O)c(-c2ccccc2C)c1)c1ccc2c(c1)OCO2. The van der Waals surface area contributed by atoms with Crippen LogP contribution < -0.4 is 14.8 Å². The number of rotatable bonds is 14. The van der Waals surface area contributed by atoms with Gasteiger partial charge in [0.15, 0.2) is 11.5 Å². The molecular formula is C31H35NO7S. The third-order valence-electron chi connectivity index (χ3n) is 6.67. The van der Waals surface area contributed by atoms with Crippen LogP contribution in [0.15, 0.2) is 60.7 Å². The van der Waals surface area contributed by atoms with Crippen molar-refractivity contribution in [1.29, 1.82) is 0 Å². The summed E-state index contributed by atoms with van der Waals surface area (Å²) in [6.45, 7) is 5.32. The molecule has 4 rings (SSSR count). The number of thioether (sulfide) groups is 1. The highest BCUT2D eigenvalue weighted by Gasteiger charge is 2.23. The van der Waals surface area contributed by atoms with E-state index >= 15 is 0 Å². The van der Waals surface area contributed by atoms with Gasteiger partial charge in [0.2, 0.25) is 6.79 Å². The van der Waals surface area contributed by atoms with Crippen molar-refractivity contribution in [2.24, 2.45) is 0 Å². The molecule has 0 saturated carbocycles. The number of aliphatic carboxylic acids is 1. The highest BCUT2D eigenvalue weighted by atomic mass is 32.2. The van der Waals surface area contributed by atoms with Gasteiger partial charge in [0.05, 0.1) is 13.2 Å². The minimum atomic E-state index is -1.05. The van der Waals surface area contributed by atoms with Crippen molar-refractivity contribution in [2.45, 2.75) is 39.0 Å². The Kier molecular flexibility index (Phi) is 10.5. The van der Waals surface area contributed by atoms with Crippen LogP contribution in [0.1, 0.15) is 46.5 Å². The summed E-state index contributed by atoms with van der Waals surface area (Å²) in [7, 11) is 0.